The van der Waals surface area contributed by atoms with Crippen LogP contribution in [0.4, 0.5) is 0 Å². The van der Waals surface area contributed by atoms with Crippen molar-refractivity contribution in [3.8, 4) is 0 Å². The lowest BCUT2D eigenvalue weighted by atomic mass is 9.70. The van der Waals surface area contributed by atoms with Crippen LogP contribution in [-0.2, 0) is 5.60 Å². The molecule has 0 amide bonds. The Labute approximate surface area is 91.6 Å². The molecular formula is C13H20O2. The highest BCUT2D eigenvalue weighted by Crippen LogP contribution is 2.41. The number of rotatable bonds is 3. The molecule has 0 aliphatic rings. The van der Waals surface area contributed by atoms with Crippen LogP contribution in [0.2, 0.25) is 0 Å². The Morgan fingerprint density at radius 1 is 1.07 bits per heavy atom. The van der Waals surface area contributed by atoms with Crippen molar-refractivity contribution in [2.45, 2.75) is 32.8 Å². The van der Waals surface area contributed by atoms with E-state index in [1.165, 1.54) is 0 Å². The Morgan fingerprint density at radius 3 is 2.00 bits per heavy atom. The van der Waals surface area contributed by atoms with Crippen LogP contribution in [0.25, 0.3) is 0 Å². The van der Waals surface area contributed by atoms with Crippen LogP contribution in [0.3, 0.4) is 0 Å². The van der Waals surface area contributed by atoms with E-state index in [0.29, 0.717) is 6.42 Å². The molecule has 15 heavy (non-hydrogen) atoms. The third-order valence-corrected chi connectivity index (χ3v) is 2.97. The van der Waals surface area contributed by atoms with Crippen LogP contribution < -0.4 is 0 Å². The molecule has 1 unspecified atom stereocenters. The zero-order valence-electron chi connectivity index (χ0n) is 9.70. The maximum absolute atomic E-state index is 10.7. The SMILES string of the molecule is CC(C)(C)C(O)(CCO)c1ccccc1. The van der Waals surface area contributed by atoms with Crippen molar-refractivity contribution in [3.05, 3.63) is 35.9 Å². The van der Waals surface area contributed by atoms with Gasteiger partial charge in [0.2, 0.25) is 0 Å². The predicted molar refractivity (Wildman–Crippen MR) is 61.5 cm³/mol. The molecule has 84 valence electrons. The molecule has 2 heteroatoms. The van der Waals surface area contributed by atoms with Crippen molar-refractivity contribution < 1.29 is 10.2 Å². The number of benzene rings is 1. The van der Waals surface area contributed by atoms with E-state index < -0.39 is 5.60 Å². The van der Waals surface area contributed by atoms with E-state index in [9.17, 15) is 5.11 Å². The fourth-order valence-corrected chi connectivity index (χ4v) is 1.83. The Kier molecular flexibility index (Phi) is 3.53. The first-order valence-corrected chi connectivity index (χ1v) is 5.30. The average molecular weight is 208 g/mol. The van der Waals surface area contributed by atoms with Crippen LogP contribution in [0.5, 0.6) is 0 Å². The Balaban J connectivity index is 3.13. The molecule has 2 nitrogen and oxygen atoms in total. The molecule has 0 aromatic heterocycles. The Hall–Kier alpha value is -0.860. The van der Waals surface area contributed by atoms with Crippen molar-refractivity contribution in [1.82, 2.24) is 0 Å². The van der Waals surface area contributed by atoms with Crippen LogP contribution >= 0.6 is 0 Å². The zero-order valence-corrected chi connectivity index (χ0v) is 9.70. The van der Waals surface area contributed by atoms with Gasteiger partial charge in [-0.3, -0.25) is 0 Å². The lowest BCUT2D eigenvalue weighted by Gasteiger charge is -2.40. The van der Waals surface area contributed by atoms with Gasteiger partial charge in [0.25, 0.3) is 0 Å². The van der Waals surface area contributed by atoms with Gasteiger partial charge in [-0.2, -0.15) is 0 Å². The summed E-state index contributed by atoms with van der Waals surface area (Å²) in [5, 5.41) is 19.7. The molecule has 0 saturated heterocycles. The van der Waals surface area contributed by atoms with Crippen LogP contribution in [0.15, 0.2) is 30.3 Å². The fraction of sp³-hybridized carbons (Fsp3) is 0.538. The normalized spacial score (nSPS) is 16.1. The van der Waals surface area contributed by atoms with Gasteiger partial charge < -0.3 is 10.2 Å². The van der Waals surface area contributed by atoms with E-state index in [0.717, 1.165) is 5.56 Å². The first-order chi connectivity index (χ1) is 6.92. The third kappa shape index (κ3) is 2.39. The molecule has 1 aromatic carbocycles. The van der Waals surface area contributed by atoms with Gasteiger partial charge in [-0.05, 0) is 11.0 Å². The monoisotopic (exact) mass is 208 g/mol. The summed E-state index contributed by atoms with van der Waals surface area (Å²) < 4.78 is 0. The van der Waals surface area contributed by atoms with Gasteiger partial charge in [0.1, 0.15) is 0 Å². The summed E-state index contributed by atoms with van der Waals surface area (Å²) >= 11 is 0. The van der Waals surface area contributed by atoms with Gasteiger partial charge in [0.15, 0.2) is 0 Å². The highest BCUT2D eigenvalue weighted by Gasteiger charge is 2.40. The van der Waals surface area contributed by atoms with Crippen molar-refractivity contribution in [2.24, 2.45) is 5.41 Å². The maximum atomic E-state index is 10.7. The second kappa shape index (κ2) is 4.33. The van der Waals surface area contributed by atoms with E-state index in [-0.39, 0.29) is 12.0 Å². The topological polar surface area (TPSA) is 40.5 Å². The van der Waals surface area contributed by atoms with Gasteiger partial charge >= 0.3 is 0 Å². The Morgan fingerprint density at radius 2 is 1.60 bits per heavy atom. The molecule has 1 aromatic rings. The van der Waals surface area contributed by atoms with Crippen molar-refractivity contribution in [3.63, 3.8) is 0 Å². The second-order valence-electron chi connectivity index (χ2n) is 4.95. The van der Waals surface area contributed by atoms with E-state index in [2.05, 4.69) is 0 Å². The standard InChI is InChI=1S/C13H20O2/c1-12(2,3)13(15,9-10-14)11-7-5-4-6-8-11/h4-8,14-15H,9-10H2,1-3H3. The van der Waals surface area contributed by atoms with Crippen molar-refractivity contribution in [2.75, 3.05) is 6.61 Å². The lowest BCUT2D eigenvalue weighted by Crippen LogP contribution is -2.40. The highest BCUT2D eigenvalue weighted by atomic mass is 16.3. The van der Waals surface area contributed by atoms with Gasteiger partial charge in [0.05, 0.1) is 5.60 Å². The average Bonchev–Trinajstić information content (AvgIpc) is 2.18. The quantitative estimate of drug-likeness (QED) is 0.800. The van der Waals surface area contributed by atoms with Gasteiger partial charge in [-0.1, -0.05) is 51.1 Å². The summed E-state index contributed by atoms with van der Waals surface area (Å²) in [6.07, 6.45) is 0.362. The molecule has 2 N–H and O–H groups in total. The summed E-state index contributed by atoms with van der Waals surface area (Å²) in [5.74, 6) is 0. The molecule has 1 rings (SSSR count). The first kappa shape index (κ1) is 12.2. The van der Waals surface area contributed by atoms with Crippen LogP contribution in [0.1, 0.15) is 32.8 Å². The van der Waals surface area contributed by atoms with Crippen molar-refractivity contribution >= 4 is 0 Å². The first-order valence-electron chi connectivity index (χ1n) is 5.30. The van der Waals surface area contributed by atoms with Crippen LogP contribution in [-0.4, -0.2) is 16.8 Å². The summed E-state index contributed by atoms with van der Waals surface area (Å²) in [4.78, 5) is 0. The van der Waals surface area contributed by atoms with E-state index >= 15 is 0 Å². The molecule has 0 aliphatic heterocycles. The van der Waals surface area contributed by atoms with E-state index in [4.69, 9.17) is 5.11 Å². The van der Waals surface area contributed by atoms with Crippen LogP contribution in [0, 0.1) is 5.41 Å². The molecule has 0 spiro atoms. The van der Waals surface area contributed by atoms with Gasteiger partial charge in [-0.15, -0.1) is 0 Å². The van der Waals surface area contributed by atoms with E-state index in [1.54, 1.807) is 0 Å². The predicted octanol–water partition coefficient (Wildman–Crippen LogP) is 2.30. The second-order valence-corrected chi connectivity index (χ2v) is 4.95. The summed E-state index contributed by atoms with van der Waals surface area (Å²) in [6, 6.07) is 9.54. The summed E-state index contributed by atoms with van der Waals surface area (Å²) in [6.45, 7) is 5.93. The smallest absolute Gasteiger partial charge is 0.0966 e. The zero-order chi connectivity index (χ0) is 11.5. The molecule has 0 saturated carbocycles. The number of aliphatic hydroxyl groups excluding tert-OH is 1. The molecule has 1 atom stereocenters. The molecule has 0 radical (unpaired) electrons. The molecule has 0 fully saturated rings. The summed E-state index contributed by atoms with van der Waals surface area (Å²) in [7, 11) is 0. The lowest BCUT2D eigenvalue weighted by molar-refractivity contribution is -0.0801. The van der Waals surface area contributed by atoms with E-state index in [1.807, 2.05) is 51.1 Å². The highest BCUT2D eigenvalue weighted by molar-refractivity contribution is 5.24. The fourth-order valence-electron chi connectivity index (χ4n) is 1.83. The molecular weight excluding hydrogens is 188 g/mol. The molecule has 0 aliphatic carbocycles. The Bertz CT molecular complexity index is 300. The minimum atomic E-state index is -0.969. The van der Waals surface area contributed by atoms with Gasteiger partial charge in [-0.25, -0.2) is 0 Å². The number of hydrogen-bond acceptors (Lipinski definition) is 2. The minimum absolute atomic E-state index is 0.0112. The molecule has 0 heterocycles. The summed E-state index contributed by atoms with van der Waals surface area (Å²) in [5.41, 5.74) is -0.397. The largest absolute Gasteiger partial charge is 0.396 e. The minimum Gasteiger partial charge on any atom is -0.396 e. The van der Waals surface area contributed by atoms with Gasteiger partial charge in [0, 0.05) is 13.0 Å². The maximum Gasteiger partial charge on any atom is 0.0966 e. The third-order valence-electron chi connectivity index (χ3n) is 2.97. The van der Waals surface area contributed by atoms with Crippen molar-refractivity contribution in [1.29, 1.82) is 0 Å². The number of hydrogen-bond donors (Lipinski definition) is 2. The number of aliphatic hydroxyl groups is 2. The molecule has 0 bridgehead atoms.